The van der Waals surface area contributed by atoms with Crippen molar-refractivity contribution in [3.05, 3.63) is 66.0 Å². The summed E-state index contributed by atoms with van der Waals surface area (Å²) < 4.78 is 23.2. The molecule has 1 N–H and O–H groups in total. The zero-order chi connectivity index (χ0) is 17.6. The second-order valence-electron chi connectivity index (χ2n) is 5.42. The van der Waals surface area contributed by atoms with Crippen LogP contribution >= 0.6 is 0 Å². The molecule has 0 aliphatic rings. The van der Waals surface area contributed by atoms with Crippen molar-refractivity contribution in [3.63, 3.8) is 0 Å². The lowest BCUT2D eigenvalue weighted by Gasteiger charge is -2.05. The van der Waals surface area contributed by atoms with E-state index in [1.807, 2.05) is 24.3 Å². The van der Waals surface area contributed by atoms with Gasteiger partial charge in [0, 0.05) is 11.6 Å². The van der Waals surface area contributed by atoms with Crippen LogP contribution in [0.15, 0.2) is 59.1 Å². The van der Waals surface area contributed by atoms with Crippen molar-refractivity contribution in [2.24, 2.45) is 0 Å². The molecular weight excluding hydrogens is 323 g/mol. The number of ether oxygens (including phenoxy) is 1. The Morgan fingerprint density at radius 3 is 2.56 bits per heavy atom. The van der Waals surface area contributed by atoms with Crippen LogP contribution in [0, 0.1) is 5.82 Å². The largest absolute Gasteiger partial charge is 0.484 e. The fourth-order valence-electron chi connectivity index (χ4n) is 2.23. The Bertz CT molecular complexity index is 842. The van der Waals surface area contributed by atoms with Crippen LogP contribution in [-0.4, -0.2) is 17.7 Å². The monoisotopic (exact) mass is 340 g/mol. The van der Waals surface area contributed by atoms with E-state index < -0.39 is 5.91 Å². The summed E-state index contributed by atoms with van der Waals surface area (Å²) in [5.41, 5.74) is 2.78. The van der Waals surface area contributed by atoms with Crippen molar-refractivity contribution in [3.8, 4) is 17.0 Å². The third-order valence-electron chi connectivity index (χ3n) is 3.61. The van der Waals surface area contributed by atoms with Crippen LogP contribution in [0.2, 0.25) is 0 Å². The maximum Gasteiger partial charge on any atom is 0.264 e. The number of aromatic nitrogens is 1. The minimum atomic E-state index is -0.395. The predicted octanol–water partition coefficient (Wildman–Crippen LogP) is 4.06. The molecule has 0 fully saturated rings. The Labute approximate surface area is 144 Å². The molecule has 0 aliphatic heterocycles. The van der Waals surface area contributed by atoms with Gasteiger partial charge in [-0.25, -0.2) is 4.39 Å². The maximum atomic E-state index is 12.8. The van der Waals surface area contributed by atoms with E-state index in [1.54, 1.807) is 6.07 Å². The number of anilines is 1. The summed E-state index contributed by atoms with van der Waals surface area (Å²) in [4.78, 5) is 11.9. The van der Waals surface area contributed by atoms with E-state index in [9.17, 15) is 9.18 Å². The van der Waals surface area contributed by atoms with Crippen LogP contribution in [0.3, 0.4) is 0 Å². The molecule has 0 aliphatic carbocycles. The Morgan fingerprint density at radius 2 is 1.88 bits per heavy atom. The van der Waals surface area contributed by atoms with E-state index in [4.69, 9.17) is 9.26 Å². The number of hydrogen-bond acceptors (Lipinski definition) is 4. The minimum absolute atomic E-state index is 0.215. The van der Waals surface area contributed by atoms with Gasteiger partial charge in [0.05, 0.1) is 0 Å². The molecule has 3 rings (SSSR count). The van der Waals surface area contributed by atoms with Gasteiger partial charge < -0.3 is 9.26 Å². The lowest BCUT2D eigenvalue weighted by Crippen LogP contribution is -2.19. The third kappa shape index (κ3) is 4.44. The molecule has 1 amide bonds. The van der Waals surface area contributed by atoms with Gasteiger partial charge in [-0.15, -0.1) is 0 Å². The van der Waals surface area contributed by atoms with Crippen LogP contribution in [-0.2, 0) is 11.2 Å². The number of carbonyl (C=O) groups is 1. The molecule has 0 atom stereocenters. The number of hydrogen-bond donors (Lipinski definition) is 1. The summed E-state index contributed by atoms with van der Waals surface area (Å²) in [5, 5.41) is 6.52. The second-order valence-corrected chi connectivity index (χ2v) is 5.42. The standard InChI is InChI=1S/C19H17FN2O3/c1-2-13-3-5-14(6-4-13)17-11-19(25-22-17)21-18(23)12-24-16-9-7-15(20)8-10-16/h3-11H,2,12H2,1H3,(H,21,23). The lowest BCUT2D eigenvalue weighted by molar-refractivity contribution is -0.118. The van der Waals surface area contributed by atoms with Crippen molar-refractivity contribution in [1.82, 2.24) is 5.16 Å². The first-order valence-electron chi connectivity index (χ1n) is 7.88. The summed E-state index contributed by atoms with van der Waals surface area (Å²) in [5.74, 6) is -0.112. The van der Waals surface area contributed by atoms with Crippen LogP contribution in [0.5, 0.6) is 5.75 Å². The fourth-order valence-corrected chi connectivity index (χ4v) is 2.23. The maximum absolute atomic E-state index is 12.8. The van der Waals surface area contributed by atoms with Crippen molar-refractivity contribution >= 4 is 11.8 Å². The van der Waals surface area contributed by atoms with Crippen molar-refractivity contribution in [2.45, 2.75) is 13.3 Å². The molecule has 3 aromatic rings. The summed E-state index contributed by atoms with van der Waals surface area (Å²) >= 11 is 0. The third-order valence-corrected chi connectivity index (χ3v) is 3.61. The van der Waals surface area contributed by atoms with Crippen LogP contribution in [0.4, 0.5) is 10.3 Å². The molecule has 0 radical (unpaired) electrons. The van der Waals surface area contributed by atoms with E-state index in [0.29, 0.717) is 11.4 Å². The molecule has 5 nitrogen and oxygen atoms in total. The molecule has 0 saturated carbocycles. The molecule has 1 heterocycles. The Morgan fingerprint density at radius 1 is 1.16 bits per heavy atom. The number of nitrogens with one attached hydrogen (secondary N) is 1. The van der Waals surface area contributed by atoms with Gasteiger partial charge in [0.1, 0.15) is 17.3 Å². The average Bonchev–Trinajstić information content (AvgIpc) is 3.10. The quantitative estimate of drug-likeness (QED) is 0.735. The lowest BCUT2D eigenvalue weighted by atomic mass is 10.1. The molecule has 25 heavy (non-hydrogen) atoms. The normalized spacial score (nSPS) is 10.5. The number of nitrogens with zero attached hydrogens (tertiary/aromatic N) is 1. The zero-order valence-electron chi connectivity index (χ0n) is 13.7. The van der Waals surface area contributed by atoms with E-state index in [0.717, 1.165) is 12.0 Å². The van der Waals surface area contributed by atoms with Crippen molar-refractivity contribution < 1.29 is 18.4 Å². The van der Waals surface area contributed by atoms with Gasteiger partial charge in [-0.2, -0.15) is 0 Å². The second kappa shape index (κ2) is 7.61. The van der Waals surface area contributed by atoms with Crippen LogP contribution in [0.1, 0.15) is 12.5 Å². The summed E-state index contributed by atoms with van der Waals surface area (Å²) in [6, 6.07) is 15.1. The van der Waals surface area contributed by atoms with Gasteiger partial charge in [0.25, 0.3) is 5.91 Å². The van der Waals surface area contributed by atoms with Crippen molar-refractivity contribution in [2.75, 3.05) is 11.9 Å². The zero-order valence-corrected chi connectivity index (χ0v) is 13.7. The Kier molecular flexibility index (Phi) is 5.09. The molecule has 2 aromatic carbocycles. The number of halogens is 1. The summed E-state index contributed by atoms with van der Waals surface area (Å²) in [7, 11) is 0. The van der Waals surface area contributed by atoms with Crippen molar-refractivity contribution in [1.29, 1.82) is 0 Å². The van der Waals surface area contributed by atoms with Crippen LogP contribution in [0.25, 0.3) is 11.3 Å². The van der Waals surface area contributed by atoms with Gasteiger partial charge in [0.2, 0.25) is 5.88 Å². The molecule has 6 heteroatoms. The molecule has 1 aromatic heterocycles. The summed E-state index contributed by atoms with van der Waals surface area (Å²) in [6.45, 7) is 1.87. The fraction of sp³-hybridized carbons (Fsp3) is 0.158. The molecule has 0 unspecified atom stereocenters. The number of carbonyl (C=O) groups excluding carboxylic acids is 1. The minimum Gasteiger partial charge on any atom is -0.484 e. The topological polar surface area (TPSA) is 64.4 Å². The highest BCUT2D eigenvalue weighted by molar-refractivity contribution is 5.91. The Hall–Kier alpha value is -3.15. The van der Waals surface area contributed by atoms with Gasteiger partial charge in [-0.05, 0) is 36.2 Å². The molecule has 0 bridgehead atoms. The first-order chi connectivity index (χ1) is 12.1. The van der Waals surface area contributed by atoms with E-state index >= 15 is 0 Å². The molecule has 128 valence electrons. The number of benzene rings is 2. The molecule has 0 saturated heterocycles. The van der Waals surface area contributed by atoms with E-state index in [-0.39, 0.29) is 18.3 Å². The number of amides is 1. The highest BCUT2D eigenvalue weighted by atomic mass is 19.1. The highest BCUT2D eigenvalue weighted by Crippen LogP contribution is 2.22. The molecule has 0 spiro atoms. The number of aryl methyl sites for hydroxylation is 1. The van der Waals surface area contributed by atoms with Gasteiger partial charge in [-0.1, -0.05) is 36.3 Å². The van der Waals surface area contributed by atoms with E-state index in [2.05, 4.69) is 17.4 Å². The average molecular weight is 340 g/mol. The highest BCUT2D eigenvalue weighted by Gasteiger charge is 2.10. The van der Waals surface area contributed by atoms with Gasteiger partial charge >= 0.3 is 0 Å². The molecular formula is C19H17FN2O3. The van der Waals surface area contributed by atoms with E-state index in [1.165, 1.54) is 29.8 Å². The SMILES string of the molecule is CCc1ccc(-c2cc(NC(=O)COc3ccc(F)cc3)on2)cc1. The predicted molar refractivity (Wildman–Crippen MR) is 91.8 cm³/mol. The number of rotatable bonds is 6. The first kappa shape index (κ1) is 16.7. The first-order valence-corrected chi connectivity index (χ1v) is 7.88. The van der Waals surface area contributed by atoms with Gasteiger partial charge in [-0.3, -0.25) is 10.1 Å². The van der Waals surface area contributed by atoms with Gasteiger partial charge in [0.15, 0.2) is 6.61 Å². The van der Waals surface area contributed by atoms with Crippen LogP contribution < -0.4 is 10.1 Å². The summed E-state index contributed by atoms with van der Waals surface area (Å²) in [6.07, 6.45) is 0.967. The smallest absolute Gasteiger partial charge is 0.264 e. The Balaban J connectivity index is 1.56.